The van der Waals surface area contributed by atoms with Crippen LogP contribution in [0.3, 0.4) is 0 Å². The van der Waals surface area contributed by atoms with Crippen molar-refractivity contribution in [1.82, 2.24) is 4.90 Å². The van der Waals surface area contributed by atoms with Gasteiger partial charge in [0.25, 0.3) is 5.91 Å². The molecule has 3 aromatic rings. The van der Waals surface area contributed by atoms with Crippen LogP contribution >= 0.6 is 11.6 Å². The Bertz CT molecular complexity index is 987. The quantitative estimate of drug-likeness (QED) is 0.568. The Labute approximate surface area is 170 Å². The summed E-state index contributed by atoms with van der Waals surface area (Å²) in [5.74, 6) is 0.310. The lowest BCUT2D eigenvalue weighted by Crippen LogP contribution is -2.37. The number of hydrogen-bond donors (Lipinski definition) is 0. The molecule has 1 aromatic heterocycles. The number of benzene rings is 2. The summed E-state index contributed by atoms with van der Waals surface area (Å²) < 4.78 is 11.8. The Hall–Kier alpha value is -2.30. The molecular weight excluding hydrogens is 374 g/mol. The van der Waals surface area contributed by atoms with Crippen LogP contribution in [-0.2, 0) is 11.3 Å². The average Bonchev–Trinajstić information content (AvgIpc) is 3.31. The van der Waals surface area contributed by atoms with E-state index in [2.05, 4.69) is 6.07 Å². The highest BCUT2D eigenvalue weighted by Crippen LogP contribution is 2.28. The third-order valence-electron chi connectivity index (χ3n) is 5.31. The lowest BCUT2D eigenvalue weighted by Gasteiger charge is -2.25. The largest absolute Gasteiger partial charge is 0.451 e. The zero-order valence-electron chi connectivity index (χ0n) is 16.2. The first-order chi connectivity index (χ1) is 13.5. The van der Waals surface area contributed by atoms with E-state index in [0.29, 0.717) is 23.9 Å². The van der Waals surface area contributed by atoms with Gasteiger partial charge in [-0.05, 0) is 56.5 Å². The molecule has 1 unspecified atom stereocenters. The third-order valence-corrected chi connectivity index (χ3v) is 5.56. The van der Waals surface area contributed by atoms with Gasteiger partial charge in [-0.3, -0.25) is 4.79 Å². The summed E-state index contributed by atoms with van der Waals surface area (Å²) in [4.78, 5) is 15.3. The lowest BCUT2D eigenvalue weighted by atomic mass is 10.1. The normalized spacial score (nSPS) is 16.6. The summed E-state index contributed by atoms with van der Waals surface area (Å²) >= 11 is 6.01. The summed E-state index contributed by atoms with van der Waals surface area (Å²) in [6, 6.07) is 13.6. The Morgan fingerprint density at radius 2 is 1.96 bits per heavy atom. The van der Waals surface area contributed by atoms with Crippen molar-refractivity contribution < 1.29 is 13.9 Å². The highest BCUT2D eigenvalue weighted by atomic mass is 35.5. The van der Waals surface area contributed by atoms with Gasteiger partial charge in [0, 0.05) is 35.7 Å². The van der Waals surface area contributed by atoms with Crippen molar-refractivity contribution in [2.45, 2.75) is 39.3 Å². The molecule has 1 aliphatic rings. The van der Waals surface area contributed by atoms with Crippen LogP contribution in [0.4, 0.5) is 0 Å². The van der Waals surface area contributed by atoms with E-state index in [1.807, 2.05) is 55.1 Å². The molecule has 146 valence electrons. The van der Waals surface area contributed by atoms with Gasteiger partial charge in [-0.2, -0.15) is 0 Å². The predicted molar refractivity (Wildman–Crippen MR) is 111 cm³/mol. The Kier molecular flexibility index (Phi) is 5.42. The maximum absolute atomic E-state index is 13.4. The van der Waals surface area contributed by atoms with Crippen molar-refractivity contribution in [3.8, 4) is 0 Å². The highest BCUT2D eigenvalue weighted by molar-refractivity contribution is 6.30. The van der Waals surface area contributed by atoms with E-state index in [-0.39, 0.29) is 12.0 Å². The van der Waals surface area contributed by atoms with E-state index in [1.54, 1.807) is 0 Å². The highest BCUT2D eigenvalue weighted by Gasteiger charge is 2.27. The van der Waals surface area contributed by atoms with Crippen LogP contribution in [0, 0.1) is 13.8 Å². The SMILES string of the molecule is Cc1ccc2oc(C(=O)N(Cc3ccc(Cl)cc3)CC3CCCO3)c(C)c2c1. The van der Waals surface area contributed by atoms with Gasteiger partial charge in [-0.15, -0.1) is 0 Å². The van der Waals surface area contributed by atoms with E-state index in [0.717, 1.165) is 47.1 Å². The Morgan fingerprint density at radius 1 is 1.18 bits per heavy atom. The standard InChI is InChI=1S/C23H24ClNO3/c1-15-5-10-21-20(12-15)16(2)22(28-21)23(26)25(14-19-4-3-11-27-19)13-17-6-8-18(24)9-7-17/h5-10,12,19H,3-4,11,13-14H2,1-2H3. The summed E-state index contributed by atoms with van der Waals surface area (Å²) in [6.45, 7) is 5.79. The fourth-order valence-corrected chi connectivity index (χ4v) is 3.87. The first-order valence-corrected chi connectivity index (χ1v) is 10.0. The second-order valence-corrected chi connectivity index (χ2v) is 7.94. The number of carbonyl (C=O) groups excluding carboxylic acids is 1. The van der Waals surface area contributed by atoms with E-state index in [1.165, 1.54) is 0 Å². The van der Waals surface area contributed by atoms with Gasteiger partial charge in [-0.25, -0.2) is 0 Å². The van der Waals surface area contributed by atoms with E-state index < -0.39 is 0 Å². The number of halogens is 1. The molecule has 0 aliphatic carbocycles. The maximum atomic E-state index is 13.4. The summed E-state index contributed by atoms with van der Waals surface area (Å²) in [7, 11) is 0. The first kappa shape index (κ1) is 19.0. The molecule has 0 spiro atoms. The van der Waals surface area contributed by atoms with E-state index in [9.17, 15) is 4.79 Å². The predicted octanol–water partition coefficient (Wildman–Crippen LogP) is 5.52. The lowest BCUT2D eigenvalue weighted by molar-refractivity contribution is 0.0485. The van der Waals surface area contributed by atoms with Crippen molar-refractivity contribution in [3.05, 3.63) is 69.9 Å². The molecule has 4 nitrogen and oxygen atoms in total. The number of hydrogen-bond acceptors (Lipinski definition) is 3. The van der Waals surface area contributed by atoms with Gasteiger partial charge in [0.05, 0.1) is 6.10 Å². The zero-order valence-corrected chi connectivity index (χ0v) is 17.0. The van der Waals surface area contributed by atoms with Crippen LogP contribution < -0.4 is 0 Å². The van der Waals surface area contributed by atoms with Gasteiger partial charge < -0.3 is 14.1 Å². The molecule has 1 atom stereocenters. The summed E-state index contributed by atoms with van der Waals surface area (Å²) in [5.41, 5.74) is 3.81. The molecule has 2 heterocycles. The monoisotopic (exact) mass is 397 g/mol. The average molecular weight is 398 g/mol. The zero-order chi connectivity index (χ0) is 19.7. The van der Waals surface area contributed by atoms with Crippen molar-refractivity contribution in [1.29, 1.82) is 0 Å². The number of furan rings is 1. The minimum absolute atomic E-state index is 0.0724. The molecule has 2 aromatic carbocycles. The molecule has 28 heavy (non-hydrogen) atoms. The molecule has 0 bridgehead atoms. The molecule has 0 saturated carbocycles. The van der Waals surface area contributed by atoms with Crippen LogP contribution in [0.25, 0.3) is 11.0 Å². The smallest absolute Gasteiger partial charge is 0.290 e. The number of ether oxygens (including phenoxy) is 1. The molecule has 0 N–H and O–H groups in total. The second kappa shape index (κ2) is 7.98. The fourth-order valence-electron chi connectivity index (χ4n) is 3.75. The van der Waals surface area contributed by atoms with Gasteiger partial charge in [0.2, 0.25) is 0 Å². The molecule has 1 amide bonds. The Morgan fingerprint density at radius 3 is 2.68 bits per heavy atom. The molecule has 0 radical (unpaired) electrons. The van der Waals surface area contributed by atoms with E-state index >= 15 is 0 Å². The van der Waals surface area contributed by atoms with Crippen LogP contribution in [0.5, 0.6) is 0 Å². The third kappa shape index (κ3) is 3.94. The second-order valence-electron chi connectivity index (χ2n) is 7.50. The number of rotatable bonds is 5. The number of amides is 1. The molecule has 1 saturated heterocycles. The topological polar surface area (TPSA) is 42.7 Å². The van der Waals surface area contributed by atoms with Gasteiger partial charge in [0.1, 0.15) is 5.58 Å². The minimum Gasteiger partial charge on any atom is -0.451 e. The molecule has 1 fully saturated rings. The van der Waals surface area contributed by atoms with Crippen LogP contribution in [0.1, 0.15) is 40.1 Å². The van der Waals surface area contributed by atoms with Crippen molar-refractivity contribution in [3.63, 3.8) is 0 Å². The van der Waals surface area contributed by atoms with Gasteiger partial charge >= 0.3 is 0 Å². The number of aryl methyl sites for hydroxylation is 2. The molecule has 5 heteroatoms. The molecule has 1 aliphatic heterocycles. The fraction of sp³-hybridized carbons (Fsp3) is 0.348. The first-order valence-electron chi connectivity index (χ1n) is 9.66. The number of carbonyl (C=O) groups is 1. The van der Waals surface area contributed by atoms with Crippen molar-refractivity contribution >= 4 is 28.5 Å². The molecule has 4 rings (SSSR count). The minimum atomic E-state index is -0.100. The molecular formula is C23H24ClNO3. The van der Waals surface area contributed by atoms with Gasteiger partial charge in [-0.1, -0.05) is 35.4 Å². The summed E-state index contributed by atoms with van der Waals surface area (Å²) in [6.07, 6.45) is 2.09. The van der Waals surface area contributed by atoms with Crippen LogP contribution in [-0.4, -0.2) is 30.1 Å². The van der Waals surface area contributed by atoms with E-state index in [4.69, 9.17) is 20.8 Å². The van der Waals surface area contributed by atoms with Crippen LogP contribution in [0.2, 0.25) is 5.02 Å². The van der Waals surface area contributed by atoms with Crippen LogP contribution in [0.15, 0.2) is 46.9 Å². The van der Waals surface area contributed by atoms with Crippen molar-refractivity contribution in [2.24, 2.45) is 0 Å². The number of fused-ring (bicyclic) bond motifs is 1. The summed E-state index contributed by atoms with van der Waals surface area (Å²) in [5, 5.41) is 1.68. The van der Waals surface area contributed by atoms with Gasteiger partial charge in [0.15, 0.2) is 5.76 Å². The van der Waals surface area contributed by atoms with Crippen molar-refractivity contribution in [2.75, 3.05) is 13.2 Å². The maximum Gasteiger partial charge on any atom is 0.290 e. The Balaban J connectivity index is 1.65. The number of nitrogens with zero attached hydrogens (tertiary/aromatic N) is 1.